The highest BCUT2D eigenvalue weighted by Crippen LogP contribution is 2.30. The number of amides is 1. The number of ether oxygens (including phenoxy) is 2. The van der Waals surface area contributed by atoms with Gasteiger partial charge in [-0.2, -0.15) is 0 Å². The van der Waals surface area contributed by atoms with Gasteiger partial charge in [0.15, 0.2) is 0 Å². The van der Waals surface area contributed by atoms with E-state index in [1.807, 2.05) is 0 Å². The van der Waals surface area contributed by atoms with Crippen molar-refractivity contribution in [2.24, 2.45) is 0 Å². The summed E-state index contributed by atoms with van der Waals surface area (Å²) in [6, 6.07) is 1.24. The summed E-state index contributed by atoms with van der Waals surface area (Å²) in [4.78, 5) is 28.8. The molecule has 1 aromatic rings. The SMILES string of the molecule is CC(C)(C)OC(=O)N1CCC(Oc2nc(Cl)cc(Cl)c2C(=O)O)C1. The normalized spacial score (nSPS) is 17.7. The van der Waals surface area contributed by atoms with Crippen LogP contribution in [0.4, 0.5) is 4.79 Å². The van der Waals surface area contributed by atoms with Crippen molar-refractivity contribution in [3.8, 4) is 5.88 Å². The van der Waals surface area contributed by atoms with Gasteiger partial charge in [0.25, 0.3) is 0 Å². The quantitative estimate of drug-likeness (QED) is 0.812. The third kappa shape index (κ3) is 4.64. The van der Waals surface area contributed by atoms with Crippen LogP contribution in [0.15, 0.2) is 6.07 Å². The van der Waals surface area contributed by atoms with Gasteiger partial charge in [-0.1, -0.05) is 23.2 Å². The zero-order valence-corrected chi connectivity index (χ0v) is 15.0. The van der Waals surface area contributed by atoms with Crippen molar-refractivity contribution < 1.29 is 24.2 Å². The lowest BCUT2D eigenvalue weighted by atomic mass is 10.2. The highest BCUT2D eigenvalue weighted by molar-refractivity contribution is 6.36. The number of likely N-dealkylation sites (tertiary alicyclic amines) is 1. The molecule has 1 saturated heterocycles. The predicted molar refractivity (Wildman–Crippen MR) is 88.1 cm³/mol. The van der Waals surface area contributed by atoms with Crippen LogP contribution in [0.5, 0.6) is 5.88 Å². The molecule has 1 N–H and O–H groups in total. The predicted octanol–water partition coefficient (Wildman–Crippen LogP) is 3.47. The first kappa shape index (κ1) is 18.6. The van der Waals surface area contributed by atoms with Crippen molar-refractivity contribution in [2.75, 3.05) is 13.1 Å². The fourth-order valence-electron chi connectivity index (χ4n) is 2.22. The number of carbonyl (C=O) groups excluding carboxylic acids is 1. The summed E-state index contributed by atoms with van der Waals surface area (Å²) in [6.07, 6.45) is -0.341. The van der Waals surface area contributed by atoms with Crippen LogP contribution in [-0.4, -0.2) is 51.8 Å². The van der Waals surface area contributed by atoms with E-state index in [9.17, 15) is 14.7 Å². The summed E-state index contributed by atoms with van der Waals surface area (Å²) in [7, 11) is 0. The Kier molecular flexibility index (Phi) is 5.45. The van der Waals surface area contributed by atoms with E-state index in [0.29, 0.717) is 13.0 Å². The number of hydrogen-bond donors (Lipinski definition) is 1. The molecular formula is C15H18Cl2N2O5. The molecule has 24 heavy (non-hydrogen) atoms. The largest absolute Gasteiger partial charge is 0.477 e. The van der Waals surface area contributed by atoms with Crippen LogP contribution in [-0.2, 0) is 4.74 Å². The van der Waals surface area contributed by atoms with E-state index in [1.165, 1.54) is 11.0 Å². The Morgan fingerprint density at radius 1 is 1.38 bits per heavy atom. The van der Waals surface area contributed by atoms with Crippen LogP contribution in [0, 0.1) is 0 Å². The molecule has 1 fully saturated rings. The van der Waals surface area contributed by atoms with Gasteiger partial charge < -0.3 is 19.5 Å². The van der Waals surface area contributed by atoms with Gasteiger partial charge in [0.1, 0.15) is 22.4 Å². The molecule has 0 saturated carbocycles. The maximum absolute atomic E-state index is 12.0. The van der Waals surface area contributed by atoms with Crippen LogP contribution in [0.25, 0.3) is 0 Å². The Morgan fingerprint density at radius 2 is 2.04 bits per heavy atom. The van der Waals surface area contributed by atoms with Gasteiger partial charge in [0, 0.05) is 13.0 Å². The van der Waals surface area contributed by atoms with Gasteiger partial charge >= 0.3 is 12.1 Å². The van der Waals surface area contributed by atoms with Crippen LogP contribution in [0.1, 0.15) is 37.6 Å². The minimum absolute atomic E-state index is 0.0296. The number of aromatic carboxylic acids is 1. The molecule has 7 nitrogen and oxygen atoms in total. The fraction of sp³-hybridized carbons (Fsp3) is 0.533. The monoisotopic (exact) mass is 376 g/mol. The zero-order valence-electron chi connectivity index (χ0n) is 13.5. The van der Waals surface area contributed by atoms with Gasteiger partial charge in [0.05, 0.1) is 11.6 Å². The molecule has 1 unspecified atom stereocenters. The van der Waals surface area contributed by atoms with E-state index in [4.69, 9.17) is 32.7 Å². The summed E-state index contributed by atoms with van der Waals surface area (Å²) in [5.74, 6) is -1.42. The molecule has 1 aromatic heterocycles. The average molecular weight is 377 g/mol. The fourth-order valence-corrected chi connectivity index (χ4v) is 2.72. The minimum atomic E-state index is -1.26. The van der Waals surface area contributed by atoms with Crippen LogP contribution in [0.3, 0.4) is 0 Å². The molecule has 0 radical (unpaired) electrons. The molecule has 1 aliphatic rings. The Labute approximate surface area is 149 Å². The molecule has 132 valence electrons. The number of carboxylic acids is 1. The maximum Gasteiger partial charge on any atom is 0.410 e. The van der Waals surface area contributed by atoms with Gasteiger partial charge in [-0.15, -0.1) is 0 Å². The Hall–Kier alpha value is -1.73. The molecule has 1 atom stereocenters. The summed E-state index contributed by atoms with van der Waals surface area (Å²) in [5.41, 5.74) is -0.842. The molecule has 1 aliphatic heterocycles. The third-order valence-electron chi connectivity index (χ3n) is 3.20. The summed E-state index contributed by atoms with van der Waals surface area (Å²) >= 11 is 11.7. The van der Waals surface area contributed by atoms with Gasteiger partial charge in [-0.05, 0) is 26.8 Å². The smallest absolute Gasteiger partial charge is 0.410 e. The maximum atomic E-state index is 12.0. The van der Waals surface area contributed by atoms with Crippen molar-refractivity contribution in [2.45, 2.75) is 38.9 Å². The van der Waals surface area contributed by atoms with Gasteiger partial charge in [-0.25, -0.2) is 14.6 Å². The number of rotatable bonds is 3. The first-order valence-electron chi connectivity index (χ1n) is 7.31. The number of halogens is 2. The van der Waals surface area contributed by atoms with Crippen molar-refractivity contribution in [1.82, 2.24) is 9.88 Å². The first-order chi connectivity index (χ1) is 11.1. The van der Waals surface area contributed by atoms with Crippen LogP contribution in [0.2, 0.25) is 10.2 Å². The molecular weight excluding hydrogens is 359 g/mol. The molecule has 1 amide bonds. The highest BCUT2D eigenvalue weighted by atomic mass is 35.5. The molecule has 0 spiro atoms. The Balaban J connectivity index is 2.09. The highest BCUT2D eigenvalue weighted by Gasteiger charge is 2.32. The van der Waals surface area contributed by atoms with E-state index >= 15 is 0 Å². The summed E-state index contributed by atoms with van der Waals surface area (Å²) in [6.45, 7) is 6.06. The van der Waals surface area contributed by atoms with E-state index in [2.05, 4.69) is 4.98 Å². The zero-order chi connectivity index (χ0) is 18.1. The number of hydrogen-bond acceptors (Lipinski definition) is 5. The average Bonchev–Trinajstić information content (AvgIpc) is 2.83. The van der Waals surface area contributed by atoms with Crippen molar-refractivity contribution in [1.29, 1.82) is 0 Å². The van der Waals surface area contributed by atoms with Crippen molar-refractivity contribution in [3.05, 3.63) is 21.8 Å². The lowest BCUT2D eigenvalue weighted by Gasteiger charge is -2.24. The van der Waals surface area contributed by atoms with Gasteiger partial charge in [-0.3, -0.25) is 0 Å². The van der Waals surface area contributed by atoms with E-state index in [-0.39, 0.29) is 28.2 Å². The lowest BCUT2D eigenvalue weighted by Crippen LogP contribution is -2.36. The van der Waals surface area contributed by atoms with Crippen LogP contribution < -0.4 is 4.74 Å². The number of pyridine rings is 1. The first-order valence-corrected chi connectivity index (χ1v) is 8.06. The molecule has 9 heteroatoms. The summed E-state index contributed by atoms with van der Waals surface area (Å²) < 4.78 is 10.9. The third-order valence-corrected chi connectivity index (χ3v) is 3.69. The number of aromatic nitrogens is 1. The Morgan fingerprint density at radius 3 is 2.62 bits per heavy atom. The molecule has 0 aliphatic carbocycles. The molecule has 2 heterocycles. The van der Waals surface area contributed by atoms with E-state index in [0.717, 1.165) is 0 Å². The lowest BCUT2D eigenvalue weighted by molar-refractivity contribution is 0.0273. The minimum Gasteiger partial charge on any atom is -0.477 e. The van der Waals surface area contributed by atoms with Crippen LogP contribution >= 0.6 is 23.2 Å². The standard InChI is InChI=1S/C15H18Cl2N2O5/c1-15(2,3)24-14(22)19-5-4-8(7-19)23-12-11(13(20)21)9(16)6-10(17)18-12/h6,8H,4-5,7H2,1-3H3,(H,20,21). The summed E-state index contributed by atoms with van der Waals surface area (Å²) in [5, 5.41) is 9.22. The second-order valence-corrected chi connectivity index (χ2v) is 7.16. The van der Waals surface area contributed by atoms with E-state index < -0.39 is 23.8 Å². The number of nitrogens with zero attached hydrogens (tertiary/aromatic N) is 2. The van der Waals surface area contributed by atoms with Crippen molar-refractivity contribution >= 4 is 35.3 Å². The Bertz CT molecular complexity index is 660. The molecule has 0 aromatic carbocycles. The van der Waals surface area contributed by atoms with E-state index in [1.54, 1.807) is 20.8 Å². The second kappa shape index (κ2) is 7.03. The molecule has 2 rings (SSSR count). The van der Waals surface area contributed by atoms with Crippen molar-refractivity contribution in [3.63, 3.8) is 0 Å². The number of carboxylic acid groups (broad SMARTS) is 1. The molecule has 0 bridgehead atoms. The topological polar surface area (TPSA) is 89.0 Å². The number of carbonyl (C=O) groups is 2. The van der Waals surface area contributed by atoms with Gasteiger partial charge in [0.2, 0.25) is 5.88 Å². The second-order valence-electron chi connectivity index (χ2n) is 6.37.